The van der Waals surface area contributed by atoms with Crippen LogP contribution in [0.15, 0.2) is 61.2 Å². The highest BCUT2D eigenvalue weighted by molar-refractivity contribution is 5.82. The predicted molar refractivity (Wildman–Crippen MR) is 135 cm³/mol. The highest BCUT2D eigenvalue weighted by Crippen LogP contribution is 2.44. The topological polar surface area (TPSA) is 95.9 Å². The van der Waals surface area contributed by atoms with Crippen molar-refractivity contribution in [1.82, 2.24) is 10.2 Å². The average molecular weight is 479 g/mol. The molecule has 2 aromatic rings. The first-order chi connectivity index (χ1) is 16.8. The molecule has 3 rings (SSSR count). The molecule has 0 saturated heterocycles. The van der Waals surface area contributed by atoms with Gasteiger partial charge in [-0.3, -0.25) is 9.59 Å². The molecule has 0 unspecified atom stereocenters. The summed E-state index contributed by atoms with van der Waals surface area (Å²) in [5.74, 6) is -1.19. The van der Waals surface area contributed by atoms with E-state index in [0.29, 0.717) is 12.3 Å². The first-order valence-corrected chi connectivity index (χ1v) is 12.0. The maximum absolute atomic E-state index is 12.7. The van der Waals surface area contributed by atoms with Crippen molar-refractivity contribution < 1.29 is 24.2 Å². The van der Waals surface area contributed by atoms with Crippen molar-refractivity contribution in [2.75, 3.05) is 26.2 Å². The molecule has 2 aromatic carbocycles. The molecule has 2 N–H and O–H groups in total. The van der Waals surface area contributed by atoms with Gasteiger partial charge in [-0.25, -0.2) is 4.79 Å². The zero-order valence-electron chi connectivity index (χ0n) is 20.4. The Labute approximate surface area is 206 Å². The second kappa shape index (κ2) is 12.2. The van der Waals surface area contributed by atoms with Crippen LogP contribution in [-0.4, -0.2) is 54.2 Å². The molecule has 1 aliphatic carbocycles. The monoisotopic (exact) mass is 478 g/mol. The predicted octanol–water partition coefficient (Wildman–Crippen LogP) is 4.68. The molecular weight excluding hydrogens is 444 g/mol. The number of carboxylic acids is 1. The first-order valence-electron chi connectivity index (χ1n) is 12.0. The van der Waals surface area contributed by atoms with Gasteiger partial charge in [0, 0.05) is 25.4 Å². The van der Waals surface area contributed by atoms with Crippen molar-refractivity contribution in [2.24, 2.45) is 11.8 Å². The molecule has 0 fully saturated rings. The Kier molecular flexibility index (Phi) is 9.06. The normalized spacial score (nSPS) is 13.0. The Balaban J connectivity index is 1.58. The maximum Gasteiger partial charge on any atom is 0.407 e. The van der Waals surface area contributed by atoms with Crippen LogP contribution < -0.4 is 5.32 Å². The molecule has 7 nitrogen and oxygen atoms in total. The van der Waals surface area contributed by atoms with Crippen molar-refractivity contribution in [1.29, 1.82) is 0 Å². The molecule has 0 bridgehead atoms. The van der Waals surface area contributed by atoms with Crippen molar-refractivity contribution >= 4 is 18.0 Å². The van der Waals surface area contributed by atoms with Crippen molar-refractivity contribution in [3.8, 4) is 11.1 Å². The second-order valence-corrected chi connectivity index (χ2v) is 9.36. The van der Waals surface area contributed by atoms with Crippen LogP contribution in [0.25, 0.3) is 11.1 Å². The van der Waals surface area contributed by atoms with E-state index in [9.17, 15) is 14.4 Å². The summed E-state index contributed by atoms with van der Waals surface area (Å²) < 4.78 is 5.60. The minimum atomic E-state index is -1.07. The van der Waals surface area contributed by atoms with Gasteiger partial charge in [0.1, 0.15) is 13.2 Å². The average Bonchev–Trinajstić information content (AvgIpc) is 3.14. The van der Waals surface area contributed by atoms with Crippen LogP contribution in [0.3, 0.4) is 0 Å². The van der Waals surface area contributed by atoms with Crippen molar-refractivity contribution in [2.45, 2.75) is 32.6 Å². The number of hydrogen-bond acceptors (Lipinski definition) is 4. The molecule has 0 spiro atoms. The number of aliphatic carboxylic acids is 1. The summed E-state index contributed by atoms with van der Waals surface area (Å²) in [5.41, 5.74) is 4.62. The number of alkyl carbamates (subject to hydrolysis) is 1. The highest BCUT2D eigenvalue weighted by atomic mass is 16.5. The number of ether oxygens (including phenoxy) is 1. The van der Waals surface area contributed by atoms with Crippen LogP contribution in [-0.2, 0) is 14.3 Å². The summed E-state index contributed by atoms with van der Waals surface area (Å²) in [6.07, 6.45) is 1.84. The largest absolute Gasteiger partial charge is 0.480 e. The van der Waals surface area contributed by atoms with Gasteiger partial charge < -0.3 is 20.1 Å². The number of nitrogens with zero attached hydrogens (tertiary/aromatic N) is 1. The Hall–Kier alpha value is -3.61. The van der Waals surface area contributed by atoms with Gasteiger partial charge >= 0.3 is 12.1 Å². The van der Waals surface area contributed by atoms with Crippen molar-refractivity contribution in [3.63, 3.8) is 0 Å². The number of amides is 2. The molecule has 35 heavy (non-hydrogen) atoms. The minimum absolute atomic E-state index is 0.0235. The number of rotatable bonds is 12. The standard InChI is InChI=1S/C28H34N2O5/c1-4-13-30(17-27(32)33)26(31)15-20(14-19(2)3)16-29-28(34)35-18-25-23-11-7-5-9-21(23)22-10-6-8-12-24(22)25/h4-12,19-20,25H,1,13-18H2,2-3H3,(H,29,34)(H,32,33)/t20-/m0/s1. The van der Waals surface area contributed by atoms with Crippen LogP contribution >= 0.6 is 0 Å². The van der Waals surface area contributed by atoms with E-state index in [1.54, 1.807) is 0 Å². The van der Waals surface area contributed by atoms with Crippen LogP contribution in [0.4, 0.5) is 4.79 Å². The molecular formula is C28H34N2O5. The molecule has 186 valence electrons. The molecule has 0 aromatic heterocycles. The van der Waals surface area contributed by atoms with E-state index >= 15 is 0 Å². The lowest BCUT2D eigenvalue weighted by molar-refractivity contribution is -0.144. The van der Waals surface area contributed by atoms with Gasteiger partial charge in [-0.1, -0.05) is 68.5 Å². The summed E-state index contributed by atoms with van der Waals surface area (Å²) in [4.78, 5) is 37.6. The number of hydrogen-bond donors (Lipinski definition) is 2. The van der Waals surface area contributed by atoms with E-state index in [2.05, 4.69) is 36.2 Å². The lowest BCUT2D eigenvalue weighted by atomic mass is 9.93. The smallest absolute Gasteiger partial charge is 0.407 e. The number of fused-ring (bicyclic) bond motifs is 3. The molecule has 0 aliphatic heterocycles. The summed E-state index contributed by atoms with van der Waals surface area (Å²) in [5, 5.41) is 11.9. The van der Waals surface area contributed by atoms with Gasteiger partial charge in [-0.2, -0.15) is 0 Å². The zero-order chi connectivity index (χ0) is 25.4. The third-order valence-electron chi connectivity index (χ3n) is 6.18. The van der Waals surface area contributed by atoms with E-state index in [1.165, 1.54) is 11.0 Å². The second-order valence-electron chi connectivity index (χ2n) is 9.36. The van der Waals surface area contributed by atoms with Crippen LogP contribution in [0.5, 0.6) is 0 Å². The van der Waals surface area contributed by atoms with Gasteiger partial charge in [0.25, 0.3) is 0 Å². The van der Waals surface area contributed by atoms with Gasteiger partial charge in [0.2, 0.25) is 5.91 Å². The summed E-state index contributed by atoms with van der Waals surface area (Å²) in [6, 6.07) is 16.3. The van der Waals surface area contributed by atoms with E-state index in [1.807, 2.05) is 38.1 Å². The molecule has 2 amide bonds. The van der Waals surface area contributed by atoms with E-state index in [-0.39, 0.29) is 50.4 Å². The quantitative estimate of drug-likeness (QED) is 0.432. The first kappa shape index (κ1) is 26.0. The van der Waals surface area contributed by atoms with Crippen LogP contribution in [0.1, 0.15) is 43.7 Å². The van der Waals surface area contributed by atoms with E-state index < -0.39 is 12.1 Å². The lowest BCUT2D eigenvalue weighted by Gasteiger charge is -2.24. The van der Waals surface area contributed by atoms with Crippen LogP contribution in [0.2, 0.25) is 0 Å². The van der Waals surface area contributed by atoms with E-state index in [0.717, 1.165) is 22.3 Å². The number of carbonyl (C=O) groups excluding carboxylic acids is 2. The Morgan fingerprint density at radius 1 is 1.09 bits per heavy atom. The third kappa shape index (κ3) is 6.94. The highest BCUT2D eigenvalue weighted by Gasteiger charge is 2.29. The molecule has 0 radical (unpaired) electrons. The lowest BCUT2D eigenvalue weighted by Crippen LogP contribution is -2.39. The fourth-order valence-electron chi connectivity index (χ4n) is 4.73. The number of nitrogens with one attached hydrogen (secondary N) is 1. The number of carbonyl (C=O) groups is 3. The Bertz CT molecular complexity index is 1020. The maximum atomic E-state index is 12.7. The minimum Gasteiger partial charge on any atom is -0.480 e. The van der Waals surface area contributed by atoms with Crippen molar-refractivity contribution in [3.05, 3.63) is 72.3 Å². The molecule has 0 heterocycles. The summed E-state index contributed by atoms with van der Waals surface area (Å²) >= 11 is 0. The Morgan fingerprint density at radius 3 is 2.23 bits per heavy atom. The number of carboxylic acid groups (broad SMARTS) is 1. The van der Waals surface area contributed by atoms with Gasteiger partial charge in [-0.05, 0) is 40.5 Å². The molecule has 1 aliphatic rings. The third-order valence-corrected chi connectivity index (χ3v) is 6.18. The fourth-order valence-corrected chi connectivity index (χ4v) is 4.73. The van der Waals surface area contributed by atoms with Gasteiger partial charge in [-0.15, -0.1) is 6.58 Å². The van der Waals surface area contributed by atoms with E-state index in [4.69, 9.17) is 9.84 Å². The molecule has 1 atom stereocenters. The molecule has 7 heteroatoms. The SMILES string of the molecule is C=CCN(CC(=O)O)C(=O)C[C@@H](CNC(=O)OCC1c2ccccc2-c2ccccc21)CC(C)C. The molecule has 0 saturated carbocycles. The zero-order valence-corrected chi connectivity index (χ0v) is 20.4. The summed E-state index contributed by atoms with van der Waals surface area (Å²) in [6.45, 7) is 7.97. The number of benzene rings is 2. The van der Waals surface area contributed by atoms with Crippen LogP contribution in [0, 0.1) is 11.8 Å². The van der Waals surface area contributed by atoms with Gasteiger partial charge in [0.15, 0.2) is 0 Å². The fraction of sp³-hybridized carbons (Fsp3) is 0.393. The Morgan fingerprint density at radius 2 is 1.69 bits per heavy atom. The van der Waals surface area contributed by atoms with Gasteiger partial charge in [0.05, 0.1) is 0 Å². The summed E-state index contributed by atoms with van der Waals surface area (Å²) in [7, 11) is 0.